The number of aromatic nitrogens is 2. The Morgan fingerprint density at radius 2 is 2.30 bits per heavy atom. The van der Waals surface area contributed by atoms with E-state index in [1.807, 2.05) is 0 Å². The Kier molecular flexibility index (Phi) is 11.3. The summed E-state index contributed by atoms with van der Waals surface area (Å²) >= 11 is 0. The molecule has 1 aliphatic heterocycles. The van der Waals surface area contributed by atoms with Gasteiger partial charge in [-0.05, 0) is 38.9 Å². The van der Waals surface area contributed by atoms with E-state index in [-0.39, 0.29) is 63.3 Å². The third-order valence-corrected chi connectivity index (χ3v) is 2.67. The minimum absolute atomic E-state index is 0. The Labute approximate surface area is 162 Å². The molecule has 1 aliphatic rings. The van der Waals surface area contributed by atoms with E-state index in [2.05, 4.69) is 26.3 Å². The fourth-order valence-electron chi connectivity index (χ4n) is 1.78. The molecule has 0 saturated carbocycles. The first-order valence-corrected chi connectivity index (χ1v) is 6.27. The van der Waals surface area contributed by atoms with E-state index in [0.717, 1.165) is 19.2 Å². The third-order valence-electron chi connectivity index (χ3n) is 2.67. The molecule has 1 fully saturated rings. The van der Waals surface area contributed by atoms with Crippen molar-refractivity contribution in [3.8, 4) is 0 Å². The molecule has 0 radical (unpaired) electrons. The number of hydrogen-bond acceptors (Lipinski definition) is 6. The number of piperidine rings is 1. The summed E-state index contributed by atoms with van der Waals surface area (Å²) in [5.41, 5.74) is 4.69. The Morgan fingerprint density at radius 1 is 1.55 bits per heavy atom. The van der Waals surface area contributed by atoms with Crippen LogP contribution in [0.5, 0.6) is 0 Å². The van der Waals surface area contributed by atoms with Crippen molar-refractivity contribution in [2.75, 3.05) is 18.9 Å². The third kappa shape index (κ3) is 6.48. The van der Waals surface area contributed by atoms with Gasteiger partial charge >= 0.3 is 51.4 Å². The van der Waals surface area contributed by atoms with E-state index in [1.54, 1.807) is 12.3 Å². The number of hydrogen-bond donors (Lipinski definition) is 4. The largest absolute Gasteiger partial charge is 1.00 e. The molecule has 8 heteroatoms. The van der Waals surface area contributed by atoms with Crippen molar-refractivity contribution in [3.63, 3.8) is 0 Å². The summed E-state index contributed by atoms with van der Waals surface area (Å²) in [6, 6.07) is 1.57. The quantitative estimate of drug-likeness (QED) is 0.364. The zero-order chi connectivity index (χ0) is 14.1. The van der Waals surface area contributed by atoms with Crippen LogP contribution < -0.4 is 67.8 Å². The van der Waals surface area contributed by atoms with Crippen LogP contribution in [-0.4, -0.2) is 41.7 Å². The van der Waals surface area contributed by atoms with Gasteiger partial charge in [0.25, 0.3) is 0 Å². The number of nitrogens with one attached hydrogen (secondary N) is 3. The summed E-state index contributed by atoms with van der Waals surface area (Å²) in [7, 11) is 1.50. The molecular weight excluding hydrogens is 281 g/mol. The van der Waals surface area contributed by atoms with Gasteiger partial charge in [0.15, 0.2) is 0 Å². The van der Waals surface area contributed by atoms with E-state index < -0.39 is 0 Å². The van der Waals surface area contributed by atoms with Gasteiger partial charge in [0, 0.05) is 12.4 Å². The van der Waals surface area contributed by atoms with Crippen LogP contribution in [0.1, 0.15) is 25.0 Å². The van der Waals surface area contributed by atoms with Crippen LogP contribution in [0.25, 0.3) is 5.41 Å². The van der Waals surface area contributed by atoms with Crippen molar-refractivity contribution in [3.05, 3.63) is 23.4 Å². The molecule has 0 aliphatic carbocycles. The Morgan fingerprint density at radius 3 is 2.90 bits per heavy atom. The zero-order valence-electron chi connectivity index (χ0n) is 12.1. The first kappa shape index (κ1) is 19.8. The molecule has 0 bridgehead atoms. The topological polar surface area (TPSA) is 122 Å². The smallest absolute Gasteiger partial charge is 0.801 e. The monoisotopic (exact) mass is 301 g/mol. The van der Waals surface area contributed by atoms with Crippen LogP contribution in [-0.2, 0) is 0 Å². The molecule has 1 atom stereocenters. The van der Waals surface area contributed by atoms with E-state index in [4.69, 9.17) is 5.41 Å². The van der Waals surface area contributed by atoms with Gasteiger partial charge in [-0.1, -0.05) is 0 Å². The van der Waals surface area contributed by atoms with Gasteiger partial charge in [0.05, 0.1) is 11.9 Å². The normalized spacial score (nSPS) is 17.0. The van der Waals surface area contributed by atoms with Crippen LogP contribution in [0, 0.1) is 5.41 Å². The summed E-state index contributed by atoms with van der Waals surface area (Å²) in [6.45, 7) is 0.995. The maximum atomic E-state index is 9.40. The Balaban J connectivity index is 0.00000115. The van der Waals surface area contributed by atoms with Gasteiger partial charge in [-0.15, -0.1) is 5.71 Å². The van der Waals surface area contributed by atoms with Crippen LogP contribution in [0.2, 0.25) is 0 Å². The molecule has 5 N–H and O–H groups in total. The predicted molar refractivity (Wildman–Crippen MR) is 77.7 cm³/mol. The Hall–Kier alpha value is -0.224. The standard InChI is InChI=1S/C11H15N6.CH5N.K/c12-7-8(13)9-4-6-15-11(16-9)17-10-3-1-2-5-14-10;1-2;/h4,6-7,10,12,14H,1-3,5H2,(H,15,16,17);2H2,1H3;/q-1;;+1. The maximum Gasteiger partial charge on any atom is 1.00 e. The molecule has 1 saturated heterocycles. The van der Waals surface area contributed by atoms with Crippen molar-refractivity contribution in [2.24, 2.45) is 5.73 Å². The molecule has 0 aromatic carbocycles. The summed E-state index contributed by atoms with van der Waals surface area (Å²) in [4.78, 5) is 8.23. The molecule has 1 aromatic heterocycles. The summed E-state index contributed by atoms with van der Waals surface area (Å²) < 4.78 is 0. The maximum absolute atomic E-state index is 9.40. The van der Waals surface area contributed by atoms with Crippen molar-refractivity contribution in [1.29, 1.82) is 5.41 Å². The zero-order valence-corrected chi connectivity index (χ0v) is 15.2. The first-order chi connectivity index (χ1) is 9.29. The van der Waals surface area contributed by atoms with Crippen LogP contribution in [0.15, 0.2) is 12.3 Å². The van der Waals surface area contributed by atoms with Crippen molar-refractivity contribution in [1.82, 2.24) is 15.3 Å². The summed E-state index contributed by atoms with van der Waals surface area (Å²) in [5, 5.41) is 22.9. The van der Waals surface area contributed by atoms with Gasteiger partial charge in [0.1, 0.15) is 0 Å². The van der Waals surface area contributed by atoms with Crippen molar-refractivity contribution < 1.29 is 51.4 Å². The molecule has 1 unspecified atom stereocenters. The second-order valence-electron chi connectivity index (χ2n) is 3.94. The number of nitrogens with two attached hydrogens (primary N) is 1. The SMILES string of the molecule is CN.[K+].[N-]=C(C=N)c1ccnc(NC2CCCCN2)n1. The summed E-state index contributed by atoms with van der Waals surface area (Å²) in [5.74, 6) is 0.468. The van der Waals surface area contributed by atoms with E-state index in [0.29, 0.717) is 11.6 Å². The fraction of sp³-hybridized carbons (Fsp3) is 0.500. The van der Waals surface area contributed by atoms with Crippen LogP contribution >= 0.6 is 0 Å². The van der Waals surface area contributed by atoms with E-state index >= 15 is 0 Å². The van der Waals surface area contributed by atoms with Gasteiger partial charge in [-0.3, -0.25) is 5.32 Å². The number of rotatable bonds is 4. The average molecular weight is 301 g/mol. The summed E-state index contributed by atoms with van der Waals surface area (Å²) in [6.07, 6.45) is 6.02. The minimum atomic E-state index is -0.160. The average Bonchev–Trinajstić information content (AvgIpc) is 2.50. The molecule has 2 heterocycles. The minimum Gasteiger partial charge on any atom is -0.801 e. The molecule has 104 valence electrons. The molecule has 20 heavy (non-hydrogen) atoms. The van der Waals surface area contributed by atoms with Gasteiger partial charge in [-0.25, -0.2) is 9.97 Å². The fourth-order valence-corrected chi connectivity index (χ4v) is 1.78. The number of anilines is 1. The molecule has 7 nitrogen and oxygen atoms in total. The van der Waals surface area contributed by atoms with E-state index in [9.17, 15) is 5.41 Å². The second-order valence-corrected chi connectivity index (χ2v) is 3.94. The molecule has 0 spiro atoms. The van der Waals surface area contributed by atoms with Gasteiger partial charge in [-0.2, -0.15) is 0 Å². The van der Waals surface area contributed by atoms with Gasteiger partial charge < -0.3 is 21.9 Å². The van der Waals surface area contributed by atoms with E-state index in [1.165, 1.54) is 19.9 Å². The Bertz CT molecular complexity index is 418. The predicted octanol–water partition coefficient (Wildman–Crippen LogP) is -2.42. The molecule has 0 amide bonds. The van der Waals surface area contributed by atoms with Crippen LogP contribution in [0.3, 0.4) is 0 Å². The molecule has 2 rings (SSSR count). The molecule has 1 aromatic rings. The number of nitrogens with zero attached hydrogens (tertiary/aromatic N) is 3. The molecular formula is C12H20KN7. The van der Waals surface area contributed by atoms with Crippen molar-refractivity contribution in [2.45, 2.75) is 25.4 Å². The second kappa shape index (κ2) is 11.4. The van der Waals surface area contributed by atoms with Gasteiger partial charge in [0.2, 0.25) is 5.95 Å². The van der Waals surface area contributed by atoms with Crippen LogP contribution in [0.4, 0.5) is 5.95 Å². The van der Waals surface area contributed by atoms with Crippen molar-refractivity contribution >= 4 is 17.9 Å². The first-order valence-electron chi connectivity index (χ1n) is 6.27.